The van der Waals surface area contributed by atoms with Crippen LogP contribution in [0.3, 0.4) is 0 Å². The van der Waals surface area contributed by atoms with E-state index >= 15 is 0 Å². The van der Waals surface area contributed by atoms with Crippen LogP contribution >= 0.6 is 0 Å². The van der Waals surface area contributed by atoms with Gasteiger partial charge < -0.3 is 10.2 Å². The predicted molar refractivity (Wildman–Crippen MR) is 91.4 cm³/mol. The second-order valence-corrected chi connectivity index (χ2v) is 6.76. The van der Waals surface area contributed by atoms with Gasteiger partial charge in [0.05, 0.1) is 0 Å². The summed E-state index contributed by atoms with van der Waals surface area (Å²) in [6, 6.07) is 6.12. The van der Waals surface area contributed by atoms with Gasteiger partial charge in [0.1, 0.15) is 5.82 Å². The van der Waals surface area contributed by atoms with E-state index in [1.165, 1.54) is 12.8 Å². The minimum absolute atomic E-state index is 0.465. The van der Waals surface area contributed by atoms with Crippen molar-refractivity contribution in [3.05, 3.63) is 36.3 Å². The van der Waals surface area contributed by atoms with Crippen LogP contribution in [0.2, 0.25) is 0 Å². The van der Waals surface area contributed by atoms with E-state index in [2.05, 4.69) is 28.2 Å². The van der Waals surface area contributed by atoms with Crippen LogP contribution in [0.1, 0.15) is 25.5 Å². The Morgan fingerprint density at radius 3 is 2.74 bits per heavy atom. The zero-order valence-electron chi connectivity index (χ0n) is 13.6. The van der Waals surface area contributed by atoms with E-state index < -0.39 is 0 Å². The molecular formula is C18H23N5. The van der Waals surface area contributed by atoms with E-state index in [9.17, 15) is 0 Å². The lowest BCUT2D eigenvalue weighted by atomic mass is 9.75. The van der Waals surface area contributed by atoms with Crippen molar-refractivity contribution in [3.63, 3.8) is 0 Å². The Balaban J connectivity index is 1.67. The quantitative estimate of drug-likeness (QED) is 0.943. The van der Waals surface area contributed by atoms with Crippen LogP contribution in [0.4, 0.5) is 5.82 Å². The summed E-state index contributed by atoms with van der Waals surface area (Å²) in [6.07, 6.45) is 7.10. The van der Waals surface area contributed by atoms with Crippen molar-refractivity contribution >= 4 is 5.82 Å². The van der Waals surface area contributed by atoms with E-state index in [0.717, 1.165) is 55.5 Å². The lowest BCUT2D eigenvalue weighted by molar-refractivity contribution is 0.138. The number of aromatic nitrogens is 3. The number of piperidine rings is 1. The highest BCUT2D eigenvalue weighted by atomic mass is 15.2. The third-order valence-corrected chi connectivity index (χ3v) is 5.05. The molecule has 0 amide bonds. The highest BCUT2D eigenvalue weighted by Gasteiger charge is 2.40. The molecule has 2 aliphatic rings. The number of rotatable bonds is 3. The fourth-order valence-electron chi connectivity index (χ4n) is 3.63. The molecule has 2 aromatic heterocycles. The Morgan fingerprint density at radius 1 is 1.22 bits per heavy atom. The zero-order chi connectivity index (χ0) is 15.7. The Kier molecular flexibility index (Phi) is 3.73. The van der Waals surface area contributed by atoms with Gasteiger partial charge in [0.2, 0.25) is 0 Å². The van der Waals surface area contributed by atoms with Crippen molar-refractivity contribution < 1.29 is 0 Å². The standard InChI is InChI=1S/C18H23N5/c1-2-15-10-16(22-17(21-15)14-4-7-19-8-5-14)23-9-3-6-18(13-23)11-20-12-18/h4-5,7-8,10,20H,2-3,6,9,11-13H2,1H3. The molecule has 2 aromatic rings. The molecule has 1 N–H and O–H groups in total. The number of hydrogen-bond donors (Lipinski definition) is 1. The number of nitrogens with zero attached hydrogens (tertiary/aromatic N) is 4. The van der Waals surface area contributed by atoms with Crippen LogP contribution in [-0.2, 0) is 6.42 Å². The molecule has 23 heavy (non-hydrogen) atoms. The van der Waals surface area contributed by atoms with Gasteiger partial charge in [-0.05, 0) is 31.4 Å². The van der Waals surface area contributed by atoms with Crippen LogP contribution in [0.5, 0.6) is 0 Å². The largest absolute Gasteiger partial charge is 0.356 e. The van der Waals surface area contributed by atoms with Crippen LogP contribution < -0.4 is 10.2 Å². The number of hydrogen-bond acceptors (Lipinski definition) is 5. The van der Waals surface area contributed by atoms with Crippen molar-refractivity contribution in [2.45, 2.75) is 26.2 Å². The molecule has 0 unspecified atom stereocenters. The first-order chi connectivity index (χ1) is 11.3. The zero-order valence-corrected chi connectivity index (χ0v) is 13.6. The van der Waals surface area contributed by atoms with Gasteiger partial charge in [0.15, 0.2) is 5.82 Å². The van der Waals surface area contributed by atoms with E-state index in [0.29, 0.717) is 5.41 Å². The molecule has 2 fully saturated rings. The second kappa shape index (κ2) is 5.89. The second-order valence-electron chi connectivity index (χ2n) is 6.76. The molecule has 0 aliphatic carbocycles. The molecule has 0 saturated carbocycles. The summed E-state index contributed by atoms with van der Waals surface area (Å²) < 4.78 is 0. The topological polar surface area (TPSA) is 53.9 Å². The smallest absolute Gasteiger partial charge is 0.161 e. The highest BCUT2D eigenvalue weighted by Crippen LogP contribution is 2.35. The third-order valence-electron chi connectivity index (χ3n) is 5.05. The normalized spacial score (nSPS) is 19.6. The van der Waals surface area contributed by atoms with Gasteiger partial charge in [-0.1, -0.05) is 6.92 Å². The summed E-state index contributed by atoms with van der Waals surface area (Å²) in [5.74, 6) is 1.89. The maximum absolute atomic E-state index is 4.87. The Hall–Kier alpha value is -2.01. The highest BCUT2D eigenvalue weighted by molar-refractivity contribution is 5.57. The van der Waals surface area contributed by atoms with Crippen LogP contribution in [0, 0.1) is 5.41 Å². The summed E-state index contributed by atoms with van der Waals surface area (Å²) in [4.78, 5) is 16.1. The number of aryl methyl sites for hydroxylation is 1. The van der Waals surface area contributed by atoms with Gasteiger partial charge in [-0.3, -0.25) is 4.98 Å². The minimum atomic E-state index is 0.465. The number of pyridine rings is 1. The molecule has 2 aliphatic heterocycles. The molecule has 0 aromatic carbocycles. The first kappa shape index (κ1) is 14.6. The molecule has 5 nitrogen and oxygen atoms in total. The summed E-state index contributed by atoms with van der Waals surface area (Å²) in [5.41, 5.74) is 2.61. The first-order valence-electron chi connectivity index (χ1n) is 8.52. The van der Waals surface area contributed by atoms with Gasteiger partial charge >= 0.3 is 0 Å². The van der Waals surface area contributed by atoms with Crippen LogP contribution in [0.25, 0.3) is 11.4 Å². The molecule has 0 bridgehead atoms. The maximum atomic E-state index is 4.87. The third kappa shape index (κ3) is 2.81. The molecule has 4 heterocycles. The SMILES string of the molecule is CCc1cc(N2CCCC3(CNC3)C2)nc(-c2ccncc2)n1. The molecule has 5 heteroatoms. The molecule has 0 atom stereocenters. The molecule has 120 valence electrons. The van der Waals surface area contributed by atoms with Crippen molar-refractivity contribution in [1.29, 1.82) is 0 Å². The summed E-state index contributed by atoms with van der Waals surface area (Å²) >= 11 is 0. The fourth-order valence-corrected chi connectivity index (χ4v) is 3.63. The summed E-state index contributed by atoms with van der Waals surface area (Å²) in [5, 5.41) is 3.44. The minimum Gasteiger partial charge on any atom is -0.356 e. The summed E-state index contributed by atoms with van der Waals surface area (Å²) in [6.45, 7) is 6.64. The molecule has 1 spiro atoms. The van der Waals surface area contributed by atoms with Crippen molar-refractivity contribution in [1.82, 2.24) is 20.3 Å². The molecular weight excluding hydrogens is 286 g/mol. The first-order valence-corrected chi connectivity index (χ1v) is 8.52. The fraction of sp³-hybridized carbons (Fsp3) is 0.500. The average Bonchev–Trinajstić information content (AvgIpc) is 2.61. The van der Waals surface area contributed by atoms with Crippen molar-refractivity contribution in [2.75, 3.05) is 31.1 Å². The van der Waals surface area contributed by atoms with Crippen molar-refractivity contribution in [2.24, 2.45) is 5.41 Å². The van der Waals surface area contributed by atoms with E-state index in [1.807, 2.05) is 12.1 Å². The number of anilines is 1. The lowest BCUT2D eigenvalue weighted by Gasteiger charge is -2.49. The number of nitrogens with one attached hydrogen (secondary N) is 1. The maximum Gasteiger partial charge on any atom is 0.161 e. The van der Waals surface area contributed by atoms with Crippen molar-refractivity contribution in [3.8, 4) is 11.4 Å². The van der Waals surface area contributed by atoms with Gasteiger partial charge in [0, 0.05) is 61.3 Å². The Morgan fingerprint density at radius 2 is 2.04 bits per heavy atom. The molecule has 2 saturated heterocycles. The van der Waals surface area contributed by atoms with E-state index in [1.54, 1.807) is 12.4 Å². The van der Waals surface area contributed by atoms with Crippen LogP contribution in [0.15, 0.2) is 30.6 Å². The predicted octanol–water partition coefficient (Wildman–Crippen LogP) is 2.29. The van der Waals surface area contributed by atoms with Gasteiger partial charge in [-0.25, -0.2) is 9.97 Å². The lowest BCUT2D eigenvalue weighted by Crippen LogP contribution is -2.61. The monoisotopic (exact) mass is 309 g/mol. The molecule has 0 radical (unpaired) electrons. The average molecular weight is 309 g/mol. The summed E-state index contributed by atoms with van der Waals surface area (Å²) in [7, 11) is 0. The van der Waals surface area contributed by atoms with E-state index in [-0.39, 0.29) is 0 Å². The van der Waals surface area contributed by atoms with Gasteiger partial charge in [-0.2, -0.15) is 0 Å². The molecule has 4 rings (SSSR count). The Labute approximate surface area is 137 Å². The van der Waals surface area contributed by atoms with Gasteiger partial charge in [0.25, 0.3) is 0 Å². The van der Waals surface area contributed by atoms with Gasteiger partial charge in [-0.15, -0.1) is 0 Å². The van der Waals surface area contributed by atoms with Crippen LogP contribution in [-0.4, -0.2) is 41.1 Å². The van der Waals surface area contributed by atoms with E-state index in [4.69, 9.17) is 9.97 Å². The Bertz CT molecular complexity index is 681.